The van der Waals surface area contributed by atoms with Gasteiger partial charge >= 0.3 is 0 Å². The first-order chi connectivity index (χ1) is 11.9. The molecule has 0 atom stereocenters. The number of hydrogen-bond acceptors (Lipinski definition) is 7. The third-order valence-electron chi connectivity index (χ3n) is 2.94. The first-order valence-corrected chi connectivity index (χ1v) is 6.79. The quantitative estimate of drug-likeness (QED) is 0.365. The highest BCUT2D eigenvalue weighted by Crippen LogP contribution is 2.30. The monoisotopic (exact) mass is 341 g/mol. The summed E-state index contributed by atoms with van der Waals surface area (Å²) in [5, 5.41) is 31.8. The highest BCUT2D eigenvalue weighted by atomic mass is 16.6. The number of benzene rings is 2. The normalized spacial score (nSPS) is 10.4. The van der Waals surface area contributed by atoms with Crippen LogP contribution in [-0.2, 0) is 4.79 Å². The van der Waals surface area contributed by atoms with E-state index in [0.29, 0.717) is 0 Å². The lowest BCUT2D eigenvalue weighted by atomic mass is 10.2. The van der Waals surface area contributed by atoms with Crippen LogP contribution in [0, 0.1) is 20.2 Å². The summed E-state index contributed by atoms with van der Waals surface area (Å²) in [5.41, 5.74) is -0.157. The zero-order valence-electron chi connectivity index (χ0n) is 12.7. The number of hydrogen-bond donors (Lipinski definition) is 1. The molecule has 1 amide bonds. The van der Waals surface area contributed by atoms with Crippen molar-refractivity contribution >= 4 is 34.3 Å². The van der Waals surface area contributed by atoms with Crippen molar-refractivity contribution in [1.82, 2.24) is 0 Å². The first kappa shape index (κ1) is 17.4. The summed E-state index contributed by atoms with van der Waals surface area (Å²) in [7, 11) is 0. The van der Waals surface area contributed by atoms with Crippen molar-refractivity contribution in [2.45, 2.75) is 0 Å². The smallest absolute Gasteiger partial charge is 0.294 e. The lowest BCUT2D eigenvalue weighted by molar-refractivity contribution is -0.384. The van der Waals surface area contributed by atoms with Gasteiger partial charge in [-0.15, -0.1) is 0 Å². The fourth-order valence-corrected chi connectivity index (χ4v) is 1.81. The van der Waals surface area contributed by atoms with Gasteiger partial charge in [-0.2, -0.15) is 10.2 Å². The van der Waals surface area contributed by atoms with Gasteiger partial charge in [0, 0.05) is 18.2 Å². The molecular formula is C15H11N5O5. The van der Waals surface area contributed by atoms with E-state index in [2.05, 4.69) is 22.1 Å². The largest absolute Gasteiger partial charge is 0.317 e. The Hall–Kier alpha value is -3.95. The van der Waals surface area contributed by atoms with Crippen LogP contribution in [0.4, 0.5) is 28.4 Å². The van der Waals surface area contributed by atoms with Crippen molar-refractivity contribution in [2.24, 2.45) is 10.2 Å². The molecule has 0 heterocycles. The molecule has 0 fully saturated rings. The van der Waals surface area contributed by atoms with Crippen LogP contribution in [0.25, 0.3) is 0 Å². The third-order valence-corrected chi connectivity index (χ3v) is 2.94. The number of non-ortho nitro benzene ring substituents is 1. The number of carbonyl (C=O) groups is 1. The second kappa shape index (κ2) is 7.55. The van der Waals surface area contributed by atoms with E-state index in [1.165, 1.54) is 36.4 Å². The molecule has 0 aliphatic heterocycles. The van der Waals surface area contributed by atoms with E-state index < -0.39 is 15.8 Å². The van der Waals surface area contributed by atoms with Crippen LogP contribution in [0.1, 0.15) is 0 Å². The van der Waals surface area contributed by atoms with Crippen LogP contribution in [0.2, 0.25) is 0 Å². The number of rotatable bonds is 6. The minimum atomic E-state index is -0.676. The number of amides is 1. The fourth-order valence-electron chi connectivity index (χ4n) is 1.81. The molecule has 10 heteroatoms. The lowest BCUT2D eigenvalue weighted by Gasteiger charge is -2.03. The van der Waals surface area contributed by atoms with Gasteiger partial charge in [-0.25, -0.2) is 0 Å². The molecule has 0 saturated heterocycles. The van der Waals surface area contributed by atoms with Gasteiger partial charge in [0.15, 0.2) is 0 Å². The second-order valence-corrected chi connectivity index (χ2v) is 4.63. The molecule has 2 rings (SSSR count). The van der Waals surface area contributed by atoms with E-state index in [-0.39, 0.29) is 28.4 Å². The second-order valence-electron chi connectivity index (χ2n) is 4.63. The molecule has 2 aromatic carbocycles. The maximum absolute atomic E-state index is 11.3. The molecule has 0 spiro atoms. The molecule has 0 aliphatic carbocycles. The first-order valence-electron chi connectivity index (χ1n) is 6.79. The number of nitrogens with one attached hydrogen (secondary N) is 1. The molecule has 0 bridgehead atoms. The van der Waals surface area contributed by atoms with Crippen LogP contribution in [-0.4, -0.2) is 15.8 Å². The Bertz CT molecular complexity index is 894. The van der Waals surface area contributed by atoms with E-state index in [9.17, 15) is 25.0 Å². The zero-order valence-corrected chi connectivity index (χ0v) is 12.7. The van der Waals surface area contributed by atoms with Crippen molar-refractivity contribution in [3.63, 3.8) is 0 Å². The summed E-state index contributed by atoms with van der Waals surface area (Å²) >= 11 is 0. The van der Waals surface area contributed by atoms with E-state index in [1.807, 2.05) is 0 Å². The molecule has 10 nitrogen and oxygen atoms in total. The number of azo groups is 1. The van der Waals surface area contributed by atoms with Crippen LogP contribution in [0.15, 0.2) is 65.3 Å². The third kappa shape index (κ3) is 4.51. The molecule has 25 heavy (non-hydrogen) atoms. The van der Waals surface area contributed by atoms with Crippen molar-refractivity contribution in [3.05, 3.63) is 75.3 Å². The lowest BCUT2D eigenvalue weighted by Crippen LogP contribution is -2.09. The Morgan fingerprint density at radius 1 is 1.04 bits per heavy atom. The van der Waals surface area contributed by atoms with Crippen molar-refractivity contribution in [1.29, 1.82) is 0 Å². The summed E-state index contributed by atoms with van der Waals surface area (Å²) in [6.45, 7) is 3.27. The van der Waals surface area contributed by atoms with E-state index >= 15 is 0 Å². The predicted molar refractivity (Wildman–Crippen MR) is 89.2 cm³/mol. The minimum absolute atomic E-state index is 0.0100. The summed E-state index contributed by atoms with van der Waals surface area (Å²) in [4.78, 5) is 31.9. The number of anilines is 1. The van der Waals surface area contributed by atoms with E-state index in [0.717, 1.165) is 12.1 Å². The Labute approximate surface area is 140 Å². The van der Waals surface area contributed by atoms with E-state index in [4.69, 9.17) is 0 Å². The fraction of sp³-hybridized carbons (Fsp3) is 0. The maximum Gasteiger partial charge on any atom is 0.294 e. The Morgan fingerprint density at radius 2 is 1.72 bits per heavy atom. The van der Waals surface area contributed by atoms with Crippen molar-refractivity contribution < 1.29 is 14.6 Å². The van der Waals surface area contributed by atoms with E-state index in [1.54, 1.807) is 0 Å². The highest BCUT2D eigenvalue weighted by Gasteiger charge is 2.16. The van der Waals surface area contributed by atoms with Gasteiger partial charge in [-0.1, -0.05) is 12.6 Å². The average molecular weight is 341 g/mol. The van der Waals surface area contributed by atoms with Crippen LogP contribution in [0.5, 0.6) is 0 Å². The van der Waals surface area contributed by atoms with Gasteiger partial charge in [0.1, 0.15) is 5.69 Å². The predicted octanol–water partition coefficient (Wildman–Crippen LogP) is 4.04. The SMILES string of the molecule is C=CC(=O)Nc1ccc(N=Nc2cccc([N+](=O)[O-])c2)cc1[N+](=O)[O-]. The van der Waals surface area contributed by atoms with Gasteiger partial charge < -0.3 is 5.32 Å². The van der Waals surface area contributed by atoms with Gasteiger partial charge in [0.25, 0.3) is 11.4 Å². The topological polar surface area (TPSA) is 140 Å². The molecule has 0 radical (unpaired) electrons. The highest BCUT2D eigenvalue weighted by molar-refractivity contribution is 6.00. The van der Waals surface area contributed by atoms with Gasteiger partial charge in [-0.05, 0) is 24.3 Å². The van der Waals surface area contributed by atoms with Gasteiger partial charge in [0.05, 0.1) is 21.2 Å². The van der Waals surface area contributed by atoms with Crippen LogP contribution >= 0.6 is 0 Å². The van der Waals surface area contributed by atoms with Gasteiger partial charge in [-0.3, -0.25) is 25.0 Å². The molecular weight excluding hydrogens is 330 g/mol. The summed E-state index contributed by atoms with van der Waals surface area (Å²) in [6.07, 6.45) is 0.986. The molecule has 126 valence electrons. The molecule has 1 N–H and O–H groups in total. The number of nitro benzene ring substituents is 2. The Balaban J connectivity index is 2.31. The van der Waals surface area contributed by atoms with Crippen LogP contribution < -0.4 is 5.32 Å². The van der Waals surface area contributed by atoms with Crippen LogP contribution in [0.3, 0.4) is 0 Å². The summed E-state index contributed by atoms with van der Waals surface area (Å²) in [5.74, 6) is -0.589. The molecule has 0 unspecified atom stereocenters. The number of nitrogens with zero attached hydrogens (tertiary/aromatic N) is 4. The Kier molecular flexibility index (Phi) is 5.25. The summed E-state index contributed by atoms with van der Waals surface area (Å²) in [6, 6.07) is 9.32. The molecule has 2 aromatic rings. The molecule has 0 saturated carbocycles. The molecule has 0 aliphatic rings. The average Bonchev–Trinajstić information content (AvgIpc) is 2.60. The Morgan fingerprint density at radius 3 is 2.32 bits per heavy atom. The zero-order chi connectivity index (χ0) is 18.4. The maximum atomic E-state index is 11.3. The van der Waals surface area contributed by atoms with Crippen molar-refractivity contribution in [3.8, 4) is 0 Å². The standard InChI is InChI=1S/C15H11N5O5/c1-2-15(21)16-13-7-6-11(9-14(13)20(24)25)18-17-10-4-3-5-12(8-10)19(22)23/h2-9H,1H2,(H,16,21). The number of nitro groups is 2. The summed E-state index contributed by atoms with van der Waals surface area (Å²) < 4.78 is 0. The molecule has 0 aromatic heterocycles. The van der Waals surface area contributed by atoms with Gasteiger partial charge in [0.2, 0.25) is 5.91 Å². The minimum Gasteiger partial charge on any atom is -0.317 e. The van der Waals surface area contributed by atoms with Crippen molar-refractivity contribution in [2.75, 3.05) is 5.32 Å². The number of carbonyl (C=O) groups excluding carboxylic acids is 1.